The molecule has 0 saturated carbocycles. The van der Waals surface area contributed by atoms with Crippen molar-refractivity contribution in [2.24, 2.45) is 5.84 Å². The first-order chi connectivity index (χ1) is 13.3. The van der Waals surface area contributed by atoms with Crippen LogP contribution >= 0.6 is 0 Å². The second-order valence-corrected chi connectivity index (χ2v) is 7.20. The van der Waals surface area contributed by atoms with Gasteiger partial charge in [0.15, 0.2) is 0 Å². The Kier molecular flexibility index (Phi) is 5.64. The van der Waals surface area contributed by atoms with Crippen molar-refractivity contribution in [3.05, 3.63) is 35.9 Å². The van der Waals surface area contributed by atoms with Crippen molar-refractivity contribution in [1.82, 2.24) is 19.9 Å². The molecule has 2 aromatic rings. The van der Waals surface area contributed by atoms with Crippen molar-refractivity contribution in [2.45, 2.75) is 25.8 Å². The van der Waals surface area contributed by atoms with Gasteiger partial charge in [0.2, 0.25) is 17.8 Å². The molecule has 2 saturated heterocycles. The summed E-state index contributed by atoms with van der Waals surface area (Å²) in [6.07, 6.45) is 3.65. The summed E-state index contributed by atoms with van der Waals surface area (Å²) in [7, 11) is 0. The molecule has 2 fully saturated rings. The van der Waals surface area contributed by atoms with Crippen molar-refractivity contribution in [2.75, 3.05) is 54.5 Å². The largest absolute Gasteiger partial charge is 0.341 e. The Morgan fingerprint density at radius 3 is 2.04 bits per heavy atom. The van der Waals surface area contributed by atoms with Crippen LogP contribution in [0.5, 0.6) is 0 Å². The van der Waals surface area contributed by atoms with Crippen LogP contribution in [0.1, 0.15) is 24.8 Å². The highest BCUT2D eigenvalue weighted by Crippen LogP contribution is 2.21. The third-order valence-electron chi connectivity index (χ3n) is 5.28. The number of hydrazine groups is 1. The van der Waals surface area contributed by atoms with Gasteiger partial charge < -0.3 is 9.80 Å². The first kappa shape index (κ1) is 17.9. The van der Waals surface area contributed by atoms with Crippen LogP contribution in [0, 0.1) is 0 Å². The summed E-state index contributed by atoms with van der Waals surface area (Å²) in [5, 5.41) is 0. The molecule has 2 aliphatic heterocycles. The summed E-state index contributed by atoms with van der Waals surface area (Å²) in [5.41, 5.74) is 3.96. The zero-order chi connectivity index (χ0) is 18.5. The fraction of sp³-hybridized carbons (Fsp3) is 0.526. The van der Waals surface area contributed by atoms with Crippen LogP contribution in [0.15, 0.2) is 30.3 Å². The monoisotopic (exact) mass is 368 g/mol. The molecule has 1 aromatic carbocycles. The number of hydrogen-bond acceptors (Lipinski definition) is 8. The summed E-state index contributed by atoms with van der Waals surface area (Å²) in [6, 6.07) is 10.6. The van der Waals surface area contributed by atoms with Crippen LogP contribution in [0.25, 0.3) is 0 Å². The van der Waals surface area contributed by atoms with Gasteiger partial charge in [-0.25, -0.2) is 5.84 Å². The highest BCUT2D eigenvalue weighted by Gasteiger charge is 2.22. The molecule has 3 heterocycles. The van der Waals surface area contributed by atoms with Gasteiger partial charge in [0.05, 0.1) is 0 Å². The van der Waals surface area contributed by atoms with Gasteiger partial charge in [0, 0.05) is 45.8 Å². The van der Waals surface area contributed by atoms with Gasteiger partial charge >= 0.3 is 0 Å². The summed E-state index contributed by atoms with van der Waals surface area (Å²) < 4.78 is 0. The van der Waals surface area contributed by atoms with E-state index >= 15 is 0 Å². The van der Waals surface area contributed by atoms with Gasteiger partial charge in [0.1, 0.15) is 0 Å². The number of benzene rings is 1. The Morgan fingerprint density at radius 2 is 1.41 bits per heavy atom. The Bertz CT molecular complexity index is 724. The van der Waals surface area contributed by atoms with Crippen LogP contribution < -0.4 is 21.1 Å². The van der Waals surface area contributed by atoms with Gasteiger partial charge in [-0.15, -0.1) is 0 Å². The smallest absolute Gasteiger partial charge is 0.243 e. The number of nitrogens with one attached hydrogen (secondary N) is 1. The fourth-order valence-corrected chi connectivity index (χ4v) is 3.74. The Balaban J connectivity index is 1.42. The predicted octanol–water partition coefficient (Wildman–Crippen LogP) is 1.47. The van der Waals surface area contributed by atoms with E-state index in [1.165, 1.54) is 24.8 Å². The Labute approximate surface area is 160 Å². The molecule has 0 amide bonds. The maximum absolute atomic E-state index is 5.61. The van der Waals surface area contributed by atoms with E-state index in [0.717, 1.165) is 57.7 Å². The fourth-order valence-electron chi connectivity index (χ4n) is 3.74. The van der Waals surface area contributed by atoms with Crippen molar-refractivity contribution in [3.8, 4) is 0 Å². The molecular weight excluding hydrogens is 340 g/mol. The highest BCUT2D eigenvalue weighted by molar-refractivity contribution is 5.45. The first-order valence-electron chi connectivity index (χ1n) is 9.81. The molecular formula is C19H28N8. The number of anilines is 3. The lowest BCUT2D eigenvalue weighted by atomic mass is 10.1. The second-order valence-electron chi connectivity index (χ2n) is 7.20. The van der Waals surface area contributed by atoms with Crippen molar-refractivity contribution in [1.29, 1.82) is 0 Å². The van der Waals surface area contributed by atoms with E-state index in [9.17, 15) is 0 Å². The van der Waals surface area contributed by atoms with Gasteiger partial charge in [-0.2, -0.15) is 15.0 Å². The maximum atomic E-state index is 5.61. The molecule has 3 N–H and O–H groups in total. The molecule has 0 aliphatic carbocycles. The van der Waals surface area contributed by atoms with Crippen molar-refractivity contribution in [3.63, 3.8) is 0 Å². The molecule has 8 nitrogen and oxygen atoms in total. The minimum Gasteiger partial charge on any atom is -0.341 e. The maximum Gasteiger partial charge on any atom is 0.243 e. The molecule has 27 heavy (non-hydrogen) atoms. The molecule has 0 atom stereocenters. The second kappa shape index (κ2) is 8.49. The quantitative estimate of drug-likeness (QED) is 0.606. The van der Waals surface area contributed by atoms with Crippen LogP contribution in [0.4, 0.5) is 17.8 Å². The van der Waals surface area contributed by atoms with E-state index < -0.39 is 0 Å². The molecule has 0 radical (unpaired) electrons. The van der Waals surface area contributed by atoms with E-state index in [1.807, 2.05) is 0 Å². The number of aromatic nitrogens is 3. The summed E-state index contributed by atoms with van der Waals surface area (Å²) in [5.74, 6) is 7.50. The number of nitrogens with two attached hydrogens (primary N) is 1. The molecule has 0 spiro atoms. The predicted molar refractivity (Wildman–Crippen MR) is 108 cm³/mol. The van der Waals surface area contributed by atoms with Gasteiger partial charge in [-0.3, -0.25) is 10.3 Å². The van der Waals surface area contributed by atoms with Gasteiger partial charge in [-0.05, 0) is 24.8 Å². The molecule has 0 bridgehead atoms. The lowest BCUT2D eigenvalue weighted by Crippen LogP contribution is -2.46. The van der Waals surface area contributed by atoms with Crippen LogP contribution in [-0.2, 0) is 6.54 Å². The lowest BCUT2D eigenvalue weighted by molar-refractivity contribution is 0.248. The molecule has 144 valence electrons. The normalized spacial score (nSPS) is 18.6. The third kappa shape index (κ3) is 4.45. The summed E-state index contributed by atoms with van der Waals surface area (Å²) >= 11 is 0. The SMILES string of the molecule is NNc1nc(N2CCCCC2)nc(N2CCN(Cc3ccccc3)CC2)n1. The number of hydrogen-bond donors (Lipinski definition) is 2. The van der Waals surface area contributed by atoms with E-state index in [0.29, 0.717) is 5.95 Å². The standard InChI is InChI=1S/C19H28N8/c20-24-17-21-18(26-9-5-2-6-10-26)23-19(22-17)27-13-11-25(12-14-27)15-16-7-3-1-4-8-16/h1,3-4,7-8H,2,5-6,9-15,20H2,(H,21,22,23,24). The van der Waals surface area contributed by atoms with E-state index in [4.69, 9.17) is 10.8 Å². The third-order valence-corrected chi connectivity index (χ3v) is 5.28. The number of piperazine rings is 1. The Morgan fingerprint density at radius 1 is 0.778 bits per heavy atom. The van der Waals surface area contributed by atoms with Crippen molar-refractivity contribution >= 4 is 17.8 Å². The van der Waals surface area contributed by atoms with Gasteiger partial charge in [-0.1, -0.05) is 30.3 Å². The topological polar surface area (TPSA) is 86.4 Å². The van der Waals surface area contributed by atoms with Crippen LogP contribution in [0.3, 0.4) is 0 Å². The summed E-state index contributed by atoms with van der Waals surface area (Å²) in [6.45, 7) is 6.77. The minimum atomic E-state index is 0.437. The molecule has 1 aromatic heterocycles. The molecule has 2 aliphatic rings. The molecule has 0 unspecified atom stereocenters. The number of nitrogens with zero attached hydrogens (tertiary/aromatic N) is 6. The number of piperidine rings is 1. The lowest BCUT2D eigenvalue weighted by Gasteiger charge is -2.35. The van der Waals surface area contributed by atoms with E-state index in [1.54, 1.807) is 0 Å². The minimum absolute atomic E-state index is 0.437. The van der Waals surface area contributed by atoms with E-state index in [-0.39, 0.29) is 0 Å². The molecule has 8 heteroatoms. The Hall–Kier alpha value is -2.45. The van der Waals surface area contributed by atoms with E-state index in [2.05, 4.69) is 60.4 Å². The number of nitrogen functional groups attached to an aromatic ring is 1. The number of rotatable bonds is 5. The first-order valence-corrected chi connectivity index (χ1v) is 9.81. The average Bonchev–Trinajstić information content (AvgIpc) is 2.75. The van der Waals surface area contributed by atoms with Crippen LogP contribution in [-0.4, -0.2) is 59.1 Å². The van der Waals surface area contributed by atoms with Crippen molar-refractivity contribution < 1.29 is 0 Å². The highest BCUT2D eigenvalue weighted by atomic mass is 15.4. The average molecular weight is 368 g/mol. The van der Waals surface area contributed by atoms with Crippen LogP contribution in [0.2, 0.25) is 0 Å². The molecule has 4 rings (SSSR count). The van der Waals surface area contributed by atoms with Gasteiger partial charge in [0.25, 0.3) is 0 Å². The zero-order valence-electron chi connectivity index (χ0n) is 15.7. The summed E-state index contributed by atoms with van der Waals surface area (Å²) in [4.78, 5) is 20.7. The zero-order valence-corrected chi connectivity index (χ0v) is 15.7.